The lowest BCUT2D eigenvalue weighted by molar-refractivity contribution is -0.145. The maximum absolute atomic E-state index is 12.0. The molecule has 0 radical (unpaired) electrons. The Bertz CT molecular complexity index is 486. The van der Waals surface area contributed by atoms with Crippen LogP contribution in [0.4, 0.5) is 0 Å². The van der Waals surface area contributed by atoms with Gasteiger partial charge in [0.15, 0.2) is 0 Å². The summed E-state index contributed by atoms with van der Waals surface area (Å²) in [6.45, 7) is 5.81. The van der Waals surface area contributed by atoms with Gasteiger partial charge in [-0.15, -0.1) is 11.3 Å². The largest absolute Gasteiger partial charge is 0.467 e. The van der Waals surface area contributed by atoms with E-state index in [9.17, 15) is 9.59 Å². The van der Waals surface area contributed by atoms with Gasteiger partial charge in [-0.1, -0.05) is 13.8 Å². The van der Waals surface area contributed by atoms with Crippen LogP contribution in [0.3, 0.4) is 0 Å². The van der Waals surface area contributed by atoms with Crippen LogP contribution in [0.25, 0.3) is 0 Å². The Kier molecular flexibility index (Phi) is 6.77. The number of carbonyl (C=O) groups is 2. The Morgan fingerprint density at radius 2 is 2.10 bits per heavy atom. The third-order valence-electron chi connectivity index (χ3n) is 2.83. The lowest BCUT2D eigenvalue weighted by atomic mass is 10.0. The summed E-state index contributed by atoms with van der Waals surface area (Å²) in [7, 11) is 1.32. The van der Waals surface area contributed by atoms with Gasteiger partial charge in [0, 0.05) is 5.38 Å². The SMILES string of the molecule is COC(=O)C(CC(C)C)NC(=O)Cc1csc(C(C)N)n1. The number of ether oxygens (including phenoxy) is 1. The Morgan fingerprint density at radius 1 is 1.43 bits per heavy atom. The molecule has 0 bridgehead atoms. The van der Waals surface area contributed by atoms with Crippen LogP contribution in [0.2, 0.25) is 0 Å². The molecule has 0 fully saturated rings. The third-order valence-corrected chi connectivity index (χ3v) is 3.92. The molecule has 1 amide bonds. The highest BCUT2D eigenvalue weighted by molar-refractivity contribution is 7.09. The number of esters is 1. The molecule has 1 aromatic heterocycles. The van der Waals surface area contributed by atoms with E-state index in [2.05, 4.69) is 10.3 Å². The van der Waals surface area contributed by atoms with Crippen LogP contribution in [0.5, 0.6) is 0 Å². The second kappa shape index (κ2) is 8.09. The number of carbonyl (C=O) groups excluding carboxylic acids is 2. The summed E-state index contributed by atoms with van der Waals surface area (Å²) in [5, 5.41) is 5.32. The highest BCUT2D eigenvalue weighted by Gasteiger charge is 2.23. The van der Waals surface area contributed by atoms with E-state index >= 15 is 0 Å². The molecular formula is C14H23N3O3S. The summed E-state index contributed by atoms with van der Waals surface area (Å²) in [5.74, 6) is -0.391. The van der Waals surface area contributed by atoms with Crippen molar-refractivity contribution in [1.82, 2.24) is 10.3 Å². The minimum atomic E-state index is -0.617. The molecule has 0 spiro atoms. The van der Waals surface area contributed by atoms with Crippen molar-refractivity contribution in [3.05, 3.63) is 16.1 Å². The molecule has 21 heavy (non-hydrogen) atoms. The first-order valence-corrected chi connectivity index (χ1v) is 7.78. The molecule has 3 N–H and O–H groups in total. The van der Waals surface area contributed by atoms with Crippen molar-refractivity contribution in [3.63, 3.8) is 0 Å². The van der Waals surface area contributed by atoms with Crippen LogP contribution in [0.1, 0.15) is 43.9 Å². The van der Waals surface area contributed by atoms with Gasteiger partial charge >= 0.3 is 5.97 Å². The van der Waals surface area contributed by atoms with Crippen LogP contribution in [0, 0.1) is 5.92 Å². The molecule has 0 saturated heterocycles. The van der Waals surface area contributed by atoms with E-state index in [0.717, 1.165) is 5.01 Å². The third kappa shape index (κ3) is 5.81. The van der Waals surface area contributed by atoms with Crippen LogP contribution in [-0.2, 0) is 20.7 Å². The number of aromatic nitrogens is 1. The van der Waals surface area contributed by atoms with Crippen LogP contribution in [-0.4, -0.2) is 30.0 Å². The standard InChI is InChI=1S/C14H23N3O3S/c1-8(2)5-11(14(19)20-4)17-12(18)6-10-7-21-13(16-10)9(3)15/h7-9,11H,5-6,15H2,1-4H3,(H,17,18). The minimum absolute atomic E-state index is 0.134. The molecule has 2 atom stereocenters. The molecule has 0 aliphatic carbocycles. The fourth-order valence-corrected chi connectivity index (χ4v) is 2.63. The molecule has 1 heterocycles. The normalized spacial score (nSPS) is 13.8. The lowest BCUT2D eigenvalue weighted by Crippen LogP contribution is -2.43. The first-order valence-electron chi connectivity index (χ1n) is 6.90. The van der Waals surface area contributed by atoms with E-state index < -0.39 is 12.0 Å². The molecule has 118 valence electrons. The molecular weight excluding hydrogens is 290 g/mol. The molecule has 6 nitrogen and oxygen atoms in total. The number of thiazole rings is 1. The quantitative estimate of drug-likeness (QED) is 0.742. The van der Waals surface area contributed by atoms with E-state index in [1.807, 2.05) is 26.2 Å². The number of rotatable bonds is 7. The van der Waals surface area contributed by atoms with Crippen molar-refractivity contribution in [2.75, 3.05) is 7.11 Å². The number of nitrogens with zero attached hydrogens (tertiary/aromatic N) is 1. The lowest BCUT2D eigenvalue weighted by Gasteiger charge is -2.18. The fourth-order valence-electron chi connectivity index (χ4n) is 1.85. The summed E-state index contributed by atoms with van der Waals surface area (Å²) in [4.78, 5) is 28.0. The van der Waals surface area contributed by atoms with Gasteiger partial charge in [-0.3, -0.25) is 4.79 Å². The van der Waals surface area contributed by atoms with Crippen LogP contribution in [0.15, 0.2) is 5.38 Å². The minimum Gasteiger partial charge on any atom is -0.467 e. The highest BCUT2D eigenvalue weighted by atomic mass is 32.1. The maximum atomic E-state index is 12.0. The van der Waals surface area contributed by atoms with Crippen molar-refractivity contribution >= 4 is 23.2 Å². The monoisotopic (exact) mass is 313 g/mol. The first-order chi connectivity index (χ1) is 9.83. The second-order valence-electron chi connectivity index (χ2n) is 5.42. The summed E-state index contributed by atoms with van der Waals surface area (Å²) < 4.78 is 4.72. The molecule has 0 saturated carbocycles. The van der Waals surface area contributed by atoms with Crippen molar-refractivity contribution < 1.29 is 14.3 Å². The first kappa shape index (κ1) is 17.6. The van der Waals surface area contributed by atoms with E-state index in [1.54, 1.807) is 0 Å². The molecule has 7 heteroatoms. The van der Waals surface area contributed by atoms with Crippen molar-refractivity contribution in [2.45, 2.75) is 45.7 Å². The van der Waals surface area contributed by atoms with Gasteiger partial charge in [0.05, 0.1) is 25.3 Å². The number of amides is 1. The van der Waals surface area contributed by atoms with Crippen LogP contribution >= 0.6 is 11.3 Å². The summed E-state index contributed by atoms with van der Waals surface area (Å²) >= 11 is 1.43. The van der Waals surface area contributed by atoms with Gasteiger partial charge < -0.3 is 15.8 Å². The molecule has 1 aromatic rings. The Morgan fingerprint density at radius 3 is 2.57 bits per heavy atom. The zero-order valence-corrected chi connectivity index (χ0v) is 13.7. The number of nitrogens with one attached hydrogen (secondary N) is 1. The number of hydrogen-bond donors (Lipinski definition) is 2. The Balaban J connectivity index is 2.62. The predicted octanol–water partition coefficient (Wildman–Crippen LogP) is 1.41. The highest BCUT2D eigenvalue weighted by Crippen LogP contribution is 2.16. The molecule has 0 aromatic carbocycles. The van der Waals surface area contributed by atoms with Gasteiger partial charge in [0.25, 0.3) is 0 Å². The zero-order valence-electron chi connectivity index (χ0n) is 12.9. The summed E-state index contributed by atoms with van der Waals surface area (Å²) in [5.41, 5.74) is 6.40. The van der Waals surface area contributed by atoms with E-state index in [1.165, 1.54) is 18.4 Å². The van der Waals surface area contributed by atoms with E-state index in [4.69, 9.17) is 10.5 Å². The second-order valence-corrected chi connectivity index (χ2v) is 6.31. The number of methoxy groups -OCH3 is 1. The predicted molar refractivity (Wildman–Crippen MR) is 81.8 cm³/mol. The van der Waals surface area contributed by atoms with Crippen LogP contribution < -0.4 is 11.1 Å². The smallest absolute Gasteiger partial charge is 0.328 e. The topological polar surface area (TPSA) is 94.3 Å². The maximum Gasteiger partial charge on any atom is 0.328 e. The number of nitrogens with two attached hydrogens (primary N) is 1. The number of hydrogen-bond acceptors (Lipinski definition) is 6. The molecule has 0 aliphatic rings. The van der Waals surface area contributed by atoms with Gasteiger partial charge in [-0.2, -0.15) is 0 Å². The van der Waals surface area contributed by atoms with Gasteiger partial charge in [0.2, 0.25) is 5.91 Å². The average Bonchev–Trinajstić information content (AvgIpc) is 2.85. The van der Waals surface area contributed by atoms with Gasteiger partial charge in [-0.25, -0.2) is 9.78 Å². The van der Waals surface area contributed by atoms with Gasteiger partial charge in [0.1, 0.15) is 11.0 Å². The molecule has 1 rings (SSSR count). The van der Waals surface area contributed by atoms with Crippen molar-refractivity contribution in [3.8, 4) is 0 Å². The average molecular weight is 313 g/mol. The zero-order chi connectivity index (χ0) is 16.0. The molecule has 2 unspecified atom stereocenters. The summed E-state index contributed by atoms with van der Waals surface area (Å²) in [6.07, 6.45) is 0.676. The van der Waals surface area contributed by atoms with Gasteiger partial charge in [-0.05, 0) is 19.3 Å². The fraction of sp³-hybridized carbons (Fsp3) is 0.643. The van der Waals surface area contributed by atoms with E-state index in [-0.39, 0.29) is 24.3 Å². The van der Waals surface area contributed by atoms with Crippen molar-refractivity contribution in [2.24, 2.45) is 11.7 Å². The van der Waals surface area contributed by atoms with E-state index in [0.29, 0.717) is 12.1 Å². The summed E-state index contributed by atoms with van der Waals surface area (Å²) in [6, 6.07) is -0.760. The Hall–Kier alpha value is -1.47. The molecule has 0 aliphatic heterocycles. The Labute approximate surface area is 129 Å². The van der Waals surface area contributed by atoms with Crippen molar-refractivity contribution in [1.29, 1.82) is 0 Å².